The van der Waals surface area contributed by atoms with Gasteiger partial charge in [0.25, 0.3) is 5.91 Å². The van der Waals surface area contributed by atoms with E-state index in [0.29, 0.717) is 17.5 Å². The molecule has 5 heteroatoms. The minimum atomic E-state index is -2.32. The molecule has 1 aliphatic rings. The van der Waals surface area contributed by atoms with Gasteiger partial charge in [0, 0.05) is 31.2 Å². The topological polar surface area (TPSA) is 52.6 Å². The summed E-state index contributed by atoms with van der Waals surface area (Å²) in [4.78, 5) is 25.1. The third-order valence-corrected chi connectivity index (χ3v) is 7.50. The first-order valence-corrected chi connectivity index (χ1v) is 13.6. The number of piperidine rings is 1. The van der Waals surface area contributed by atoms with E-state index in [4.69, 9.17) is 0 Å². The number of carbonyl (C=O) groups is 1. The Bertz CT molecular complexity index is 820. The van der Waals surface area contributed by atoms with Gasteiger partial charge in [0.15, 0.2) is 0 Å². The van der Waals surface area contributed by atoms with Gasteiger partial charge in [0.2, 0.25) is 8.32 Å². The molecule has 1 fully saturated rings. The Kier molecular flexibility index (Phi) is 6.93. The van der Waals surface area contributed by atoms with Crippen LogP contribution in [0, 0.1) is 0 Å². The van der Waals surface area contributed by atoms with Gasteiger partial charge in [0.1, 0.15) is 0 Å². The van der Waals surface area contributed by atoms with E-state index in [0.717, 1.165) is 37.7 Å². The first-order valence-electron chi connectivity index (χ1n) is 10.7. The summed E-state index contributed by atoms with van der Waals surface area (Å²) in [6, 6.07) is 16.9. The largest absolute Gasteiger partial charge is 0.428 e. The van der Waals surface area contributed by atoms with Crippen LogP contribution < -0.4 is 10.5 Å². The van der Waals surface area contributed by atoms with Gasteiger partial charge >= 0.3 is 0 Å². The van der Waals surface area contributed by atoms with Crippen LogP contribution in [0.4, 0.5) is 0 Å². The summed E-state index contributed by atoms with van der Waals surface area (Å²) in [6.45, 7) is 10.6. The lowest BCUT2D eigenvalue weighted by molar-refractivity contribution is 0.0713. The van der Waals surface area contributed by atoms with E-state index in [1.165, 1.54) is 11.1 Å². The second kappa shape index (κ2) is 9.24. The minimum absolute atomic E-state index is 0.0993. The summed E-state index contributed by atoms with van der Waals surface area (Å²) in [6.07, 6.45) is 2.00. The van der Waals surface area contributed by atoms with Gasteiger partial charge in [-0.2, -0.15) is 0 Å². The molecule has 1 amide bonds. The van der Waals surface area contributed by atoms with Gasteiger partial charge in [-0.25, -0.2) is 0 Å². The highest BCUT2D eigenvalue weighted by Crippen LogP contribution is 2.29. The molecule has 0 saturated carbocycles. The third kappa shape index (κ3) is 5.78. The zero-order chi connectivity index (χ0) is 21.0. The smallest absolute Gasteiger partial charge is 0.253 e. The molecule has 1 aliphatic heterocycles. The van der Waals surface area contributed by atoms with E-state index < -0.39 is 8.32 Å². The number of hydrogen-bond donors (Lipinski definition) is 2. The van der Waals surface area contributed by atoms with Crippen molar-refractivity contribution >= 4 is 19.4 Å². The van der Waals surface area contributed by atoms with Crippen LogP contribution in [0.2, 0.25) is 13.1 Å². The van der Waals surface area contributed by atoms with E-state index in [1.54, 1.807) is 0 Å². The Balaban J connectivity index is 1.59. The summed E-state index contributed by atoms with van der Waals surface area (Å²) in [7, 11) is -2.32. The van der Waals surface area contributed by atoms with Gasteiger partial charge in [0.05, 0.1) is 0 Å². The van der Waals surface area contributed by atoms with E-state index in [2.05, 4.69) is 43.4 Å². The molecule has 0 atom stereocenters. The molecule has 0 bridgehead atoms. The number of carbonyl (C=O) groups excluding carboxylic acids is 1. The van der Waals surface area contributed by atoms with Gasteiger partial charge in [-0.15, -0.1) is 0 Å². The molecular formula is C24H34N2O2Si. The molecular weight excluding hydrogens is 376 g/mol. The normalized spacial score (nSPS) is 15.7. The number of amides is 1. The Labute approximate surface area is 176 Å². The monoisotopic (exact) mass is 410 g/mol. The van der Waals surface area contributed by atoms with Crippen LogP contribution >= 0.6 is 0 Å². The van der Waals surface area contributed by atoms with Gasteiger partial charge in [-0.1, -0.05) is 50.2 Å². The summed E-state index contributed by atoms with van der Waals surface area (Å²) < 4.78 is 0. The molecule has 2 aromatic rings. The van der Waals surface area contributed by atoms with Crippen LogP contribution in [0.3, 0.4) is 0 Å². The standard InChI is InChI=1S/C24H34N2O2Si/c1-18(2)25-17-19-6-5-7-22(16-19)20-12-14-26(15-13-20)24(27)21-8-10-23(11-9-21)29(3,4)28/h5-11,16,18,20,25,28H,12-15,17H2,1-4H3. The minimum Gasteiger partial charge on any atom is -0.428 e. The molecule has 1 saturated heterocycles. The maximum Gasteiger partial charge on any atom is 0.253 e. The van der Waals surface area contributed by atoms with Crippen LogP contribution in [0.1, 0.15) is 54.1 Å². The Morgan fingerprint density at radius 3 is 2.38 bits per heavy atom. The van der Waals surface area contributed by atoms with Crippen molar-refractivity contribution in [2.45, 2.75) is 58.3 Å². The highest BCUT2D eigenvalue weighted by Gasteiger charge is 2.25. The average molecular weight is 411 g/mol. The maximum atomic E-state index is 12.9. The average Bonchev–Trinajstić information content (AvgIpc) is 2.71. The Hall–Kier alpha value is -1.95. The molecule has 3 rings (SSSR count). The lowest BCUT2D eigenvalue weighted by Gasteiger charge is -2.32. The van der Waals surface area contributed by atoms with E-state index in [-0.39, 0.29) is 5.91 Å². The lowest BCUT2D eigenvalue weighted by atomic mass is 9.88. The lowest BCUT2D eigenvalue weighted by Crippen LogP contribution is -2.41. The molecule has 0 aromatic heterocycles. The van der Waals surface area contributed by atoms with Crippen LogP contribution in [0.25, 0.3) is 0 Å². The SMILES string of the molecule is CC(C)NCc1cccc(C2CCN(C(=O)c3ccc([Si](C)(C)O)cc3)CC2)c1. The number of hydrogen-bond acceptors (Lipinski definition) is 3. The van der Waals surface area contributed by atoms with Crippen molar-refractivity contribution < 1.29 is 9.59 Å². The van der Waals surface area contributed by atoms with Crippen molar-refractivity contribution in [3.63, 3.8) is 0 Å². The highest BCUT2D eigenvalue weighted by molar-refractivity contribution is 6.83. The van der Waals surface area contributed by atoms with E-state index >= 15 is 0 Å². The van der Waals surface area contributed by atoms with Gasteiger partial charge < -0.3 is 15.0 Å². The molecule has 0 spiro atoms. The maximum absolute atomic E-state index is 12.9. The number of benzene rings is 2. The van der Waals surface area contributed by atoms with Crippen molar-refractivity contribution in [3.8, 4) is 0 Å². The van der Waals surface area contributed by atoms with E-state index in [9.17, 15) is 9.59 Å². The van der Waals surface area contributed by atoms with Crippen LogP contribution in [-0.4, -0.2) is 43.1 Å². The number of rotatable bonds is 6. The molecule has 4 nitrogen and oxygen atoms in total. The Morgan fingerprint density at radius 2 is 1.79 bits per heavy atom. The number of nitrogens with one attached hydrogen (secondary N) is 1. The van der Waals surface area contributed by atoms with Crippen molar-refractivity contribution in [1.82, 2.24) is 10.2 Å². The second-order valence-corrected chi connectivity index (χ2v) is 12.7. The van der Waals surface area contributed by atoms with Crippen LogP contribution in [0.15, 0.2) is 48.5 Å². The highest BCUT2D eigenvalue weighted by atomic mass is 28.4. The van der Waals surface area contributed by atoms with Crippen molar-refractivity contribution in [2.24, 2.45) is 0 Å². The molecule has 156 valence electrons. The first-order chi connectivity index (χ1) is 13.7. The van der Waals surface area contributed by atoms with Crippen molar-refractivity contribution in [1.29, 1.82) is 0 Å². The molecule has 0 aliphatic carbocycles. The fraction of sp³-hybridized carbons (Fsp3) is 0.458. The fourth-order valence-corrected chi connectivity index (χ4v) is 4.88. The third-order valence-electron chi connectivity index (χ3n) is 5.76. The predicted octanol–water partition coefficient (Wildman–Crippen LogP) is 3.61. The molecule has 0 radical (unpaired) electrons. The number of nitrogens with zero attached hydrogens (tertiary/aromatic N) is 1. The molecule has 1 heterocycles. The number of likely N-dealkylation sites (tertiary alicyclic amines) is 1. The summed E-state index contributed by atoms with van der Waals surface area (Å²) in [5.74, 6) is 0.615. The predicted molar refractivity (Wildman–Crippen MR) is 122 cm³/mol. The van der Waals surface area contributed by atoms with Crippen LogP contribution in [-0.2, 0) is 6.54 Å². The van der Waals surface area contributed by atoms with Gasteiger partial charge in [-0.05, 0) is 60.3 Å². The van der Waals surface area contributed by atoms with Gasteiger partial charge in [-0.3, -0.25) is 4.79 Å². The van der Waals surface area contributed by atoms with E-state index in [1.807, 2.05) is 42.3 Å². The quantitative estimate of drug-likeness (QED) is 0.716. The zero-order valence-electron chi connectivity index (χ0n) is 18.1. The molecule has 2 N–H and O–H groups in total. The zero-order valence-corrected chi connectivity index (χ0v) is 19.1. The molecule has 2 aromatic carbocycles. The summed E-state index contributed by atoms with van der Waals surface area (Å²) in [5.41, 5.74) is 3.43. The first kappa shape index (κ1) is 21.7. The fourth-order valence-electron chi connectivity index (χ4n) is 3.90. The van der Waals surface area contributed by atoms with Crippen LogP contribution in [0.5, 0.6) is 0 Å². The summed E-state index contributed by atoms with van der Waals surface area (Å²) in [5, 5.41) is 4.44. The summed E-state index contributed by atoms with van der Waals surface area (Å²) >= 11 is 0. The van der Waals surface area contributed by atoms with Crippen molar-refractivity contribution in [3.05, 3.63) is 65.2 Å². The Morgan fingerprint density at radius 1 is 1.14 bits per heavy atom. The molecule has 0 unspecified atom stereocenters. The second-order valence-electron chi connectivity index (χ2n) is 8.98. The molecule has 29 heavy (non-hydrogen) atoms. The van der Waals surface area contributed by atoms with Crippen molar-refractivity contribution in [2.75, 3.05) is 13.1 Å².